The van der Waals surface area contributed by atoms with Crippen LogP contribution in [-0.2, 0) is 4.79 Å². The molecule has 0 heterocycles. The van der Waals surface area contributed by atoms with Gasteiger partial charge >= 0.3 is 0 Å². The van der Waals surface area contributed by atoms with Crippen LogP contribution in [0.2, 0.25) is 10.0 Å². The van der Waals surface area contributed by atoms with Crippen LogP contribution in [0, 0.1) is 0 Å². The first kappa shape index (κ1) is 16.9. The Morgan fingerprint density at radius 2 is 1.90 bits per heavy atom. The minimum absolute atomic E-state index is 0.126. The number of carbonyl (C=O) groups is 1. The Morgan fingerprint density at radius 3 is 2.48 bits per heavy atom. The van der Waals surface area contributed by atoms with E-state index in [9.17, 15) is 4.79 Å². The quantitative estimate of drug-likeness (QED) is 0.810. The molecule has 1 fully saturated rings. The van der Waals surface area contributed by atoms with E-state index in [1.165, 1.54) is 25.7 Å². The molecular weight excluding hydrogens is 327 g/mol. The lowest BCUT2D eigenvalue weighted by Crippen LogP contribution is -2.39. The number of carbonyl (C=O) groups excluding carboxylic acids is 1. The van der Waals surface area contributed by atoms with Crippen molar-refractivity contribution in [2.75, 3.05) is 24.7 Å². The van der Waals surface area contributed by atoms with E-state index in [0.717, 1.165) is 6.54 Å². The van der Waals surface area contributed by atoms with Crippen molar-refractivity contribution >= 4 is 46.6 Å². The van der Waals surface area contributed by atoms with E-state index < -0.39 is 0 Å². The summed E-state index contributed by atoms with van der Waals surface area (Å²) in [4.78, 5) is 12.0. The van der Waals surface area contributed by atoms with Crippen molar-refractivity contribution in [3.05, 3.63) is 28.2 Å². The molecule has 2 N–H and O–H groups in total. The van der Waals surface area contributed by atoms with Gasteiger partial charge in [0.05, 0.1) is 22.3 Å². The van der Waals surface area contributed by atoms with Gasteiger partial charge in [0.1, 0.15) is 0 Å². The van der Waals surface area contributed by atoms with E-state index >= 15 is 0 Å². The summed E-state index contributed by atoms with van der Waals surface area (Å²) in [5.74, 6) is -0.126. The number of nitrogens with one attached hydrogen (secondary N) is 2. The van der Waals surface area contributed by atoms with Crippen molar-refractivity contribution in [3.63, 3.8) is 0 Å². The molecule has 0 bridgehead atoms. The Bertz CT molecular complexity index is 484. The summed E-state index contributed by atoms with van der Waals surface area (Å²) in [6.07, 6.45) is 7.16. The van der Waals surface area contributed by atoms with Gasteiger partial charge in [-0.25, -0.2) is 0 Å². The van der Waals surface area contributed by atoms with Gasteiger partial charge in [-0.1, -0.05) is 42.1 Å². The van der Waals surface area contributed by atoms with E-state index in [2.05, 4.69) is 16.9 Å². The smallest absolute Gasteiger partial charge is 0.238 e. The number of anilines is 1. The number of para-hydroxylation sites is 1. The van der Waals surface area contributed by atoms with Crippen LogP contribution in [0.4, 0.5) is 5.69 Å². The molecule has 1 amide bonds. The SMILES string of the molecule is CSC1(CNCC(=O)Nc2c(Cl)cccc2Cl)CCCC1. The number of rotatable bonds is 6. The van der Waals surface area contributed by atoms with Crippen molar-refractivity contribution in [2.45, 2.75) is 30.4 Å². The molecular formula is C15H20Cl2N2OS. The summed E-state index contributed by atoms with van der Waals surface area (Å²) in [5.41, 5.74) is 0.480. The molecule has 0 radical (unpaired) electrons. The Hall–Kier alpha value is -0.420. The first-order valence-electron chi connectivity index (χ1n) is 7.06. The maximum Gasteiger partial charge on any atom is 0.238 e. The summed E-state index contributed by atoms with van der Waals surface area (Å²) in [6, 6.07) is 5.16. The van der Waals surface area contributed by atoms with E-state index in [1.807, 2.05) is 11.8 Å². The van der Waals surface area contributed by atoms with E-state index in [0.29, 0.717) is 20.5 Å². The maximum atomic E-state index is 12.0. The lowest BCUT2D eigenvalue weighted by atomic mass is 10.1. The van der Waals surface area contributed by atoms with Crippen LogP contribution >= 0.6 is 35.0 Å². The molecule has 116 valence electrons. The van der Waals surface area contributed by atoms with E-state index in [4.69, 9.17) is 23.2 Å². The maximum absolute atomic E-state index is 12.0. The van der Waals surface area contributed by atoms with Crippen LogP contribution in [0.15, 0.2) is 18.2 Å². The molecule has 0 spiro atoms. The van der Waals surface area contributed by atoms with Crippen molar-refractivity contribution in [1.82, 2.24) is 5.32 Å². The molecule has 1 saturated carbocycles. The van der Waals surface area contributed by atoms with Crippen LogP contribution in [0.1, 0.15) is 25.7 Å². The number of hydrogen-bond donors (Lipinski definition) is 2. The standard InChI is InChI=1S/C15H20Cl2N2OS/c1-21-15(7-2-3-8-15)10-18-9-13(20)19-14-11(16)5-4-6-12(14)17/h4-6,18H,2-3,7-10H2,1H3,(H,19,20). The Kier molecular flexibility index (Phi) is 6.23. The van der Waals surface area contributed by atoms with Crippen molar-refractivity contribution < 1.29 is 4.79 Å². The highest BCUT2D eigenvalue weighted by molar-refractivity contribution is 8.00. The fourth-order valence-corrected chi connectivity index (χ4v) is 4.11. The molecule has 21 heavy (non-hydrogen) atoms. The molecule has 0 aliphatic heterocycles. The predicted molar refractivity (Wildman–Crippen MR) is 92.7 cm³/mol. The summed E-state index contributed by atoms with van der Waals surface area (Å²) in [5, 5.41) is 6.92. The number of hydrogen-bond acceptors (Lipinski definition) is 3. The second-order valence-corrected chi connectivity index (χ2v) is 7.43. The van der Waals surface area contributed by atoms with Crippen LogP contribution < -0.4 is 10.6 Å². The van der Waals surface area contributed by atoms with Crippen LogP contribution in [0.25, 0.3) is 0 Å². The third-order valence-electron chi connectivity index (χ3n) is 3.91. The van der Waals surface area contributed by atoms with E-state index in [-0.39, 0.29) is 12.5 Å². The summed E-state index contributed by atoms with van der Waals surface area (Å²) < 4.78 is 0.294. The van der Waals surface area contributed by atoms with Gasteiger partial charge in [0, 0.05) is 11.3 Å². The van der Waals surface area contributed by atoms with Gasteiger partial charge in [-0.05, 0) is 31.2 Å². The molecule has 1 aromatic carbocycles. The number of halogens is 2. The highest BCUT2D eigenvalue weighted by Gasteiger charge is 2.32. The molecule has 6 heteroatoms. The molecule has 2 rings (SSSR count). The van der Waals surface area contributed by atoms with Crippen LogP contribution in [0.5, 0.6) is 0 Å². The largest absolute Gasteiger partial charge is 0.322 e. The minimum atomic E-state index is -0.126. The van der Waals surface area contributed by atoms with Gasteiger partial charge in [0.2, 0.25) is 5.91 Å². The first-order chi connectivity index (χ1) is 10.1. The molecule has 0 saturated heterocycles. The third kappa shape index (κ3) is 4.52. The summed E-state index contributed by atoms with van der Waals surface area (Å²) in [6.45, 7) is 1.13. The zero-order chi connectivity index (χ0) is 15.3. The third-order valence-corrected chi connectivity index (χ3v) is 5.96. The van der Waals surface area contributed by atoms with Gasteiger partial charge in [-0.2, -0.15) is 11.8 Å². The Balaban J connectivity index is 1.82. The zero-order valence-electron chi connectivity index (χ0n) is 12.0. The lowest BCUT2D eigenvalue weighted by molar-refractivity contribution is -0.115. The summed E-state index contributed by atoms with van der Waals surface area (Å²) in [7, 11) is 0. The fraction of sp³-hybridized carbons (Fsp3) is 0.533. The van der Waals surface area contributed by atoms with Crippen LogP contribution in [-0.4, -0.2) is 30.0 Å². The van der Waals surface area contributed by atoms with Gasteiger partial charge in [0.25, 0.3) is 0 Å². The van der Waals surface area contributed by atoms with Crippen molar-refractivity contribution in [1.29, 1.82) is 0 Å². The Morgan fingerprint density at radius 1 is 1.29 bits per heavy atom. The molecule has 0 unspecified atom stereocenters. The molecule has 0 atom stereocenters. The average Bonchev–Trinajstić information content (AvgIpc) is 2.92. The second-order valence-electron chi connectivity index (χ2n) is 5.34. The highest BCUT2D eigenvalue weighted by atomic mass is 35.5. The molecule has 0 aromatic heterocycles. The van der Waals surface area contributed by atoms with Gasteiger partial charge in [0.15, 0.2) is 0 Å². The first-order valence-corrected chi connectivity index (χ1v) is 9.04. The topological polar surface area (TPSA) is 41.1 Å². The van der Waals surface area contributed by atoms with E-state index in [1.54, 1.807) is 18.2 Å². The molecule has 3 nitrogen and oxygen atoms in total. The number of thioether (sulfide) groups is 1. The van der Waals surface area contributed by atoms with Gasteiger partial charge < -0.3 is 10.6 Å². The zero-order valence-corrected chi connectivity index (χ0v) is 14.4. The normalized spacial score (nSPS) is 16.9. The highest BCUT2D eigenvalue weighted by Crippen LogP contribution is 2.39. The minimum Gasteiger partial charge on any atom is -0.322 e. The lowest BCUT2D eigenvalue weighted by Gasteiger charge is -2.26. The molecule has 1 aliphatic carbocycles. The second kappa shape index (κ2) is 7.73. The summed E-state index contributed by atoms with van der Waals surface area (Å²) >= 11 is 14.0. The monoisotopic (exact) mass is 346 g/mol. The van der Waals surface area contributed by atoms with Gasteiger partial charge in [-0.15, -0.1) is 0 Å². The predicted octanol–water partition coefficient (Wildman–Crippen LogP) is 4.20. The number of benzene rings is 1. The number of amides is 1. The van der Waals surface area contributed by atoms with Crippen LogP contribution in [0.3, 0.4) is 0 Å². The van der Waals surface area contributed by atoms with Gasteiger partial charge in [-0.3, -0.25) is 4.79 Å². The molecule has 1 aliphatic rings. The fourth-order valence-electron chi connectivity index (χ4n) is 2.68. The van der Waals surface area contributed by atoms with Crippen molar-refractivity contribution in [2.24, 2.45) is 0 Å². The molecule has 1 aromatic rings. The Labute approximate surface area is 140 Å². The average molecular weight is 347 g/mol. The van der Waals surface area contributed by atoms with Crippen molar-refractivity contribution in [3.8, 4) is 0 Å².